The summed E-state index contributed by atoms with van der Waals surface area (Å²) in [6.45, 7) is 2.06. The Hall–Kier alpha value is -2.32. The number of carbonyl (C=O) groups is 2. The van der Waals surface area contributed by atoms with Crippen LogP contribution in [0.5, 0.6) is 0 Å². The molecule has 0 unspecified atom stereocenters. The highest BCUT2D eigenvalue weighted by Crippen LogP contribution is 2.17. The normalized spacial score (nSPS) is 10.4. The van der Waals surface area contributed by atoms with Gasteiger partial charge < -0.3 is 16.2 Å². The summed E-state index contributed by atoms with van der Waals surface area (Å²) in [5.74, 6) is -1.29. The molecule has 4 N–H and O–H groups in total. The molecule has 21 heavy (non-hydrogen) atoms. The van der Waals surface area contributed by atoms with E-state index in [9.17, 15) is 9.59 Å². The van der Waals surface area contributed by atoms with Gasteiger partial charge in [0.05, 0.1) is 17.9 Å². The van der Waals surface area contributed by atoms with E-state index in [-0.39, 0.29) is 23.9 Å². The number of aryl methyl sites for hydroxylation is 1. The second-order valence-electron chi connectivity index (χ2n) is 4.25. The second-order valence-corrected chi connectivity index (χ2v) is 5.33. The molecule has 1 amide bonds. The van der Waals surface area contributed by atoms with Crippen molar-refractivity contribution in [3.63, 3.8) is 0 Å². The predicted molar refractivity (Wildman–Crippen MR) is 77.1 cm³/mol. The van der Waals surface area contributed by atoms with E-state index in [1.54, 1.807) is 19.1 Å². The molecule has 0 aliphatic heterocycles. The highest BCUT2D eigenvalue weighted by molar-refractivity contribution is 7.13. The van der Waals surface area contributed by atoms with Crippen LogP contribution in [0.25, 0.3) is 0 Å². The summed E-state index contributed by atoms with van der Waals surface area (Å²) in [5, 5.41) is 12.2. The first-order valence-corrected chi connectivity index (χ1v) is 6.95. The Balaban J connectivity index is 2.03. The molecule has 0 saturated carbocycles. The minimum absolute atomic E-state index is 0.178. The van der Waals surface area contributed by atoms with Gasteiger partial charge in [0.15, 0.2) is 0 Å². The lowest BCUT2D eigenvalue weighted by molar-refractivity contribution is 0.0701. The zero-order valence-corrected chi connectivity index (χ0v) is 12.1. The fourth-order valence-corrected chi connectivity index (χ4v) is 2.56. The van der Waals surface area contributed by atoms with Gasteiger partial charge in [-0.1, -0.05) is 0 Å². The maximum Gasteiger partial charge on any atom is 0.347 e. The minimum atomic E-state index is -1.01. The molecule has 0 aliphatic rings. The fourth-order valence-electron chi connectivity index (χ4n) is 1.72. The highest BCUT2D eigenvalue weighted by Gasteiger charge is 2.14. The van der Waals surface area contributed by atoms with Gasteiger partial charge in [0.1, 0.15) is 9.88 Å². The minimum Gasteiger partial charge on any atom is -0.477 e. The lowest BCUT2D eigenvalue weighted by Gasteiger charge is -2.04. The SMILES string of the molecule is Cc1nc(CNC(=O)c2ccnc(CN)c2)sc1C(=O)O. The number of pyridine rings is 1. The molecule has 7 nitrogen and oxygen atoms in total. The largest absolute Gasteiger partial charge is 0.477 e. The lowest BCUT2D eigenvalue weighted by Crippen LogP contribution is -2.23. The molecule has 2 rings (SSSR count). The third-order valence-electron chi connectivity index (χ3n) is 2.72. The summed E-state index contributed by atoms with van der Waals surface area (Å²) in [7, 11) is 0. The Morgan fingerprint density at radius 1 is 1.48 bits per heavy atom. The molecule has 2 aromatic heterocycles. The molecule has 8 heteroatoms. The number of amides is 1. The van der Waals surface area contributed by atoms with Crippen molar-refractivity contribution in [2.24, 2.45) is 5.73 Å². The zero-order valence-electron chi connectivity index (χ0n) is 11.3. The Morgan fingerprint density at radius 2 is 2.24 bits per heavy atom. The molecule has 110 valence electrons. The van der Waals surface area contributed by atoms with Crippen molar-refractivity contribution in [1.29, 1.82) is 0 Å². The van der Waals surface area contributed by atoms with Crippen LogP contribution in [-0.2, 0) is 13.1 Å². The maximum absolute atomic E-state index is 12.0. The van der Waals surface area contributed by atoms with Crippen LogP contribution >= 0.6 is 11.3 Å². The molecular weight excluding hydrogens is 292 g/mol. The van der Waals surface area contributed by atoms with Crippen molar-refractivity contribution in [3.8, 4) is 0 Å². The molecule has 0 atom stereocenters. The number of carboxylic acids is 1. The standard InChI is InChI=1S/C13H14N4O3S/c1-7-11(13(19)20)21-10(17-7)6-16-12(18)8-2-3-15-9(4-8)5-14/h2-4H,5-6,14H2,1H3,(H,16,18)(H,19,20). The van der Waals surface area contributed by atoms with Crippen LogP contribution in [0, 0.1) is 6.92 Å². The first-order valence-electron chi connectivity index (χ1n) is 6.14. The van der Waals surface area contributed by atoms with Crippen molar-refractivity contribution < 1.29 is 14.7 Å². The summed E-state index contributed by atoms with van der Waals surface area (Å²) in [6, 6.07) is 3.20. The summed E-state index contributed by atoms with van der Waals surface area (Å²) >= 11 is 1.05. The number of nitrogens with zero attached hydrogens (tertiary/aromatic N) is 2. The molecule has 2 heterocycles. The van der Waals surface area contributed by atoms with Crippen LogP contribution in [-0.4, -0.2) is 27.0 Å². The van der Waals surface area contributed by atoms with Crippen molar-refractivity contribution >= 4 is 23.2 Å². The van der Waals surface area contributed by atoms with Crippen molar-refractivity contribution in [2.75, 3.05) is 0 Å². The maximum atomic E-state index is 12.0. The van der Waals surface area contributed by atoms with Crippen LogP contribution in [0.1, 0.15) is 36.4 Å². The predicted octanol–water partition coefficient (Wildman–Crippen LogP) is 0.933. The monoisotopic (exact) mass is 306 g/mol. The molecule has 0 fully saturated rings. The van der Waals surface area contributed by atoms with Crippen molar-refractivity contribution in [1.82, 2.24) is 15.3 Å². The number of carbonyl (C=O) groups excluding carboxylic acids is 1. The molecule has 0 aromatic carbocycles. The number of rotatable bonds is 5. The van der Waals surface area contributed by atoms with Gasteiger partial charge in [-0.2, -0.15) is 0 Å². The molecule has 0 saturated heterocycles. The first-order chi connectivity index (χ1) is 10.0. The third kappa shape index (κ3) is 3.61. The molecular formula is C13H14N4O3S. The molecule has 2 aromatic rings. The van der Waals surface area contributed by atoms with Gasteiger partial charge in [-0.3, -0.25) is 9.78 Å². The van der Waals surface area contributed by atoms with Gasteiger partial charge in [-0.15, -0.1) is 11.3 Å². The van der Waals surface area contributed by atoms with E-state index in [0.29, 0.717) is 22.0 Å². The van der Waals surface area contributed by atoms with E-state index in [4.69, 9.17) is 10.8 Å². The van der Waals surface area contributed by atoms with Gasteiger partial charge in [0.2, 0.25) is 0 Å². The summed E-state index contributed by atoms with van der Waals surface area (Å²) in [4.78, 5) is 31.2. The van der Waals surface area contributed by atoms with Gasteiger partial charge in [0.25, 0.3) is 5.91 Å². The fraction of sp³-hybridized carbons (Fsp3) is 0.231. The summed E-state index contributed by atoms with van der Waals surface area (Å²) in [5.41, 5.74) is 7.01. The van der Waals surface area contributed by atoms with Crippen LogP contribution in [0.15, 0.2) is 18.3 Å². The number of aromatic nitrogens is 2. The highest BCUT2D eigenvalue weighted by atomic mass is 32.1. The number of hydrogen-bond acceptors (Lipinski definition) is 6. The van der Waals surface area contributed by atoms with Gasteiger partial charge in [-0.05, 0) is 19.1 Å². The van der Waals surface area contributed by atoms with Crippen LogP contribution < -0.4 is 11.1 Å². The van der Waals surface area contributed by atoms with Crippen LogP contribution in [0.3, 0.4) is 0 Å². The topological polar surface area (TPSA) is 118 Å². The summed E-state index contributed by atoms with van der Waals surface area (Å²) in [6.07, 6.45) is 1.52. The second kappa shape index (κ2) is 6.42. The summed E-state index contributed by atoms with van der Waals surface area (Å²) < 4.78 is 0. The van der Waals surface area contributed by atoms with E-state index in [2.05, 4.69) is 15.3 Å². The van der Waals surface area contributed by atoms with E-state index < -0.39 is 5.97 Å². The van der Waals surface area contributed by atoms with E-state index in [1.165, 1.54) is 6.20 Å². The third-order valence-corrected chi connectivity index (χ3v) is 3.87. The number of carboxylic acid groups (broad SMARTS) is 1. The van der Waals surface area contributed by atoms with Gasteiger partial charge >= 0.3 is 5.97 Å². The Morgan fingerprint density at radius 3 is 2.86 bits per heavy atom. The van der Waals surface area contributed by atoms with E-state index in [1.807, 2.05) is 0 Å². The zero-order chi connectivity index (χ0) is 15.4. The van der Waals surface area contributed by atoms with E-state index in [0.717, 1.165) is 11.3 Å². The van der Waals surface area contributed by atoms with Crippen molar-refractivity contribution in [3.05, 3.63) is 45.2 Å². The Kier molecular flexibility index (Phi) is 4.61. The van der Waals surface area contributed by atoms with Crippen LogP contribution in [0.2, 0.25) is 0 Å². The average Bonchev–Trinajstić information content (AvgIpc) is 2.86. The lowest BCUT2D eigenvalue weighted by atomic mass is 10.2. The molecule has 0 radical (unpaired) electrons. The Labute approximate surface area is 124 Å². The van der Waals surface area contributed by atoms with Crippen LogP contribution in [0.4, 0.5) is 0 Å². The number of aromatic carboxylic acids is 1. The number of nitrogens with one attached hydrogen (secondary N) is 1. The molecule has 0 bridgehead atoms. The van der Waals surface area contributed by atoms with Gasteiger partial charge in [-0.25, -0.2) is 9.78 Å². The molecule has 0 aliphatic carbocycles. The quantitative estimate of drug-likeness (QED) is 0.756. The first kappa shape index (κ1) is 15.1. The molecule has 0 spiro atoms. The average molecular weight is 306 g/mol. The smallest absolute Gasteiger partial charge is 0.347 e. The number of nitrogens with two attached hydrogens (primary N) is 1. The number of hydrogen-bond donors (Lipinski definition) is 3. The van der Waals surface area contributed by atoms with E-state index >= 15 is 0 Å². The van der Waals surface area contributed by atoms with Gasteiger partial charge in [0, 0.05) is 18.3 Å². The van der Waals surface area contributed by atoms with Crippen molar-refractivity contribution in [2.45, 2.75) is 20.0 Å². The number of thiazole rings is 1. The Bertz CT molecular complexity index is 684.